The smallest absolute Gasteiger partial charge is 0.200 e. The van der Waals surface area contributed by atoms with Crippen molar-refractivity contribution in [1.29, 1.82) is 0 Å². The van der Waals surface area contributed by atoms with Crippen LogP contribution >= 0.6 is 0 Å². The molecule has 0 saturated heterocycles. The van der Waals surface area contributed by atoms with Crippen LogP contribution in [-0.4, -0.2) is 46.2 Å². The van der Waals surface area contributed by atoms with E-state index in [2.05, 4.69) is 24.3 Å². The molecule has 0 heterocycles. The lowest BCUT2D eigenvalue weighted by Gasteiger charge is -2.50. The van der Waals surface area contributed by atoms with Gasteiger partial charge in [0.2, 0.25) is 5.75 Å². The first kappa shape index (κ1) is 31.7. The van der Waals surface area contributed by atoms with Gasteiger partial charge in [-0.25, -0.2) is 0 Å². The molecule has 1 fully saturated rings. The zero-order valence-electron chi connectivity index (χ0n) is 25.5. The van der Waals surface area contributed by atoms with Gasteiger partial charge in [0.15, 0.2) is 23.0 Å². The zero-order valence-corrected chi connectivity index (χ0v) is 25.5. The Kier molecular flexibility index (Phi) is 10.0. The Bertz CT molecular complexity index is 1430. The maximum absolute atomic E-state index is 13.1. The van der Waals surface area contributed by atoms with Gasteiger partial charge in [-0.3, -0.25) is 10.5 Å². The lowest BCUT2D eigenvalue weighted by atomic mass is 9.54. The van der Waals surface area contributed by atoms with Gasteiger partial charge in [-0.15, -0.1) is 0 Å². The average molecular weight is 604 g/mol. The van der Waals surface area contributed by atoms with E-state index in [1.54, 1.807) is 18.2 Å². The van der Waals surface area contributed by atoms with E-state index in [4.69, 9.17) is 15.2 Å². The summed E-state index contributed by atoms with van der Waals surface area (Å²) in [7, 11) is 1.50. The number of hydrogen-bond acceptors (Lipinski definition) is 8. The van der Waals surface area contributed by atoms with E-state index in [1.165, 1.54) is 25.2 Å². The summed E-state index contributed by atoms with van der Waals surface area (Å²) < 4.78 is 10.8. The maximum atomic E-state index is 13.1. The molecule has 3 atom stereocenters. The number of aromatic hydroxyl groups is 3. The highest BCUT2D eigenvalue weighted by Gasteiger charge is 2.48. The number of phenolic OH excluding ortho intramolecular Hbond substituents is 3. The molecule has 1 saturated carbocycles. The fourth-order valence-corrected chi connectivity index (χ4v) is 7.94. The minimum absolute atomic E-state index is 0.00880. The minimum atomic E-state index is -0.879. The predicted molar refractivity (Wildman–Crippen MR) is 168 cm³/mol. The first-order valence-electron chi connectivity index (χ1n) is 15.8. The Balaban J connectivity index is 1.41. The predicted octanol–water partition coefficient (Wildman–Crippen LogP) is 6.00. The molecule has 44 heavy (non-hydrogen) atoms. The van der Waals surface area contributed by atoms with Crippen molar-refractivity contribution in [1.82, 2.24) is 0 Å². The molecule has 0 aromatic heterocycles. The lowest BCUT2D eigenvalue weighted by Crippen LogP contribution is -2.43. The minimum Gasteiger partial charge on any atom is -0.504 e. The van der Waals surface area contributed by atoms with Gasteiger partial charge in [0.1, 0.15) is 12.5 Å². The van der Waals surface area contributed by atoms with Crippen molar-refractivity contribution < 1.29 is 34.7 Å². The van der Waals surface area contributed by atoms with Gasteiger partial charge in [-0.1, -0.05) is 55.7 Å². The number of nitrogens with two attached hydrogens (primary N) is 1. The number of fused-ring (bicyclic) bond motifs is 1. The molecule has 6 N–H and O–H groups in total. The summed E-state index contributed by atoms with van der Waals surface area (Å²) >= 11 is 0. The van der Waals surface area contributed by atoms with Crippen LogP contribution in [0.5, 0.6) is 28.7 Å². The number of ketones is 1. The van der Waals surface area contributed by atoms with Crippen LogP contribution in [0.1, 0.15) is 86.0 Å². The first-order valence-corrected chi connectivity index (χ1v) is 15.8. The summed E-state index contributed by atoms with van der Waals surface area (Å²) in [5.74, 6) is 0.0384. The Morgan fingerprint density at radius 1 is 1.02 bits per heavy atom. The molecule has 0 radical (unpaired) electrons. The summed E-state index contributed by atoms with van der Waals surface area (Å²) in [5.41, 5.74) is 9.25. The van der Waals surface area contributed by atoms with Crippen LogP contribution in [0.4, 0.5) is 0 Å². The topological polar surface area (TPSA) is 142 Å². The number of phenols is 3. The second kappa shape index (κ2) is 13.9. The van der Waals surface area contributed by atoms with Crippen molar-refractivity contribution >= 4 is 5.78 Å². The van der Waals surface area contributed by atoms with Gasteiger partial charge in [0, 0.05) is 18.4 Å². The van der Waals surface area contributed by atoms with Crippen LogP contribution in [0, 0.1) is 5.92 Å². The average Bonchev–Trinajstić information content (AvgIpc) is 3.03. The van der Waals surface area contributed by atoms with Gasteiger partial charge < -0.3 is 29.9 Å². The normalized spacial score (nSPS) is 20.0. The van der Waals surface area contributed by atoms with Crippen molar-refractivity contribution in [3.05, 3.63) is 76.9 Å². The highest BCUT2D eigenvalue weighted by molar-refractivity contribution is 5.79. The summed E-state index contributed by atoms with van der Waals surface area (Å²) in [4.78, 5) is 13.1. The molecule has 0 spiro atoms. The Morgan fingerprint density at radius 3 is 2.48 bits per heavy atom. The van der Waals surface area contributed by atoms with E-state index >= 15 is 0 Å². The number of Topliss-reactive ketones (excluding diaryl/α,β-unsaturated/α-hetero) is 1. The standard InChI is InChI=1S/C36H45NO7/c1-43-35-27-13-14-30(36(16-6-3-7-17-36)24-8-4-2-5-9-24)29(28(27)21-32(41)34(35)42)20-26(39)19-25(38)12-10-23-11-15-31(40)33(18-23)44-22-37/h2,4-5,8-9,11,15,18,21,26,29-30,39-42H,3,6-7,10,12-14,16-17,19-20,22,37H2,1H3/t26-,29-,30-/m0/s1. The molecule has 3 aromatic rings. The Hall–Kier alpha value is -3.75. The summed E-state index contributed by atoms with van der Waals surface area (Å²) in [6, 6.07) is 17.3. The van der Waals surface area contributed by atoms with Gasteiger partial charge in [0.05, 0.1) is 13.2 Å². The molecule has 2 aliphatic rings. The molecule has 236 valence electrons. The maximum Gasteiger partial charge on any atom is 0.200 e. The van der Waals surface area contributed by atoms with E-state index in [-0.39, 0.29) is 65.6 Å². The number of hydrogen-bond donors (Lipinski definition) is 5. The van der Waals surface area contributed by atoms with Crippen molar-refractivity contribution in [2.45, 2.75) is 88.1 Å². The Morgan fingerprint density at radius 2 is 1.77 bits per heavy atom. The van der Waals surface area contributed by atoms with E-state index in [0.717, 1.165) is 48.8 Å². The van der Waals surface area contributed by atoms with E-state index in [1.807, 2.05) is 6.07 Å². The van der Waals surface area contributed by atoms with E-state index < -0.39 is 6.10 Å². The molecule has 8 heteroatoms. The van der Waals surface area contributed by atoms with E-state index in [9.17, 15) is 25.2 Å². The fraction of sp³-hybridized carbons (Fsp3) is 0.472. The summed E-state index contributed by atoms with van der Waals surface area (Å²) in [6.07, 6.45) is 7.28. The number of aryl methyl sites for hydroxylation is 1. The van der Waals surface area contributed by atoms with Gasteiger partial charge in [-0.2, -0.15) is 0 Å². The number of rotatable bonds is 12. The van der Waals surface area contributed by atoms with Crippen molar-refractivity contribution in [3.63, 3.8) is 0 Å². The molecule has 2 aliphatic carbocycles. The molecule has 0 aliphatic heterocycles. The largest absolute Gasteiger partial charge is 0.504 e. The van der Waals surface area contributed by atoms with Crippen molar-refractivity contribution in [2.75, 3.05) is 13.8 Å². The fourth-order valence-electron chi connectivity index (χ4n) is 7.94. The number of methoxy groups -OCH3 is 1. The molecule has 5 rings (SSSR count). The summed E-state index contributed by atoms with van der Waals surface area (Å²) in [5, 5.41) is 42.7. The number of carbonyl (C=O) groups is 1. The van der Waals surface area contributed by atoms with Crippen LogP contribution in [0.15, 0.2) is 54.6 Å². The number of carbonyl (C=O) groups excluding carboxylic acids is 1. The zero-order chi connectivity index (χ0) is 31.3. The number of ether oxygens (including phenoxy) is 2. The summed E-state index contributed by atoms with van der Waals surface area (Å²) in [6.45, 7) is -0.0672. The molecule has 0 unspecified atom stereocenters. The number of aliphatic hydroxyl groups excluding tert-OH is 1. The highest BCUT2D eigenvalue weighted by Crippen LogP contribution is 2.57. The SMILES string of the molecule is COc1c(O)c(O)cc2c1CC[C@H](C1(c3ccccc3)CCCCC1)[C@H]2C[C@@H](O)CC(=O)CCc1ccc(O)c(OCN)c1. The van der Waals surface area contributed by atoms with Crippen LogP contribution in [0.3, 0.4) is 0 Å². The molecular weight excluding hydrogens is 558 g/mol. The molecule has 3 aromatic carbocycles. The molecule has 8 nitrogen and oxygen atoms in total. The molecule has 0 bridgehead atoms. The first-order chi connectivity index (χ1) is 21.3. The molecular formula is C36H45NO7. The highest BCUT2D eigenvalue weighted by atomic mass is 16.5. The lowest BCUT2D eigenvalue weighted by molar-refractivity contribution is -0.121. The third-order valence-corrected chi connectivity index (χ3v) is 9.92. The third kappa shape index (κ3) is 6.52. The van der Waals surface area contributed by atoms with Gasteiger partial charge >= 0.3 is 0 Å². The van der Waals surface area contributed by atoms with E-state index in [0.29, 0.717) is 25.0 Å². The van der Waals surface area contributed by atoms with Crippen LogP contribution in [0.25, 0.3) is 0 Å². The second-order valence-electron chi connectivity index (χ2n) is 12.4. The van der Waals surface area contributed by atoms with Crippen molar-refractivity contribution in [2.24, 2.45) is 11.7 Å². The Labute approximate surface area is 259 Å². The molecule has 0 amide bonds. The third-order valence-electron chi connectivity index (χ3n) is 9.92. The van der Waals surface area contributed by atoms with Crippen LogP contribution < -0.4 is 15.2 Å². The van der Waals surface area contributed by atoms with Crippen LogP contribution in [0.2, 0.25) is 0 Å². The van der Waals surface area contributed by atoms with Crippen molar-refractivity contribution in [3.8, 4) is 28.7 Å². The van der Waals surface area contributed by atoms with Crippen LogP contribution in [-0.2, 0) is 23.1 Å². The monoisotopic (exact) mass is 603 g/mol. The number of benzene rings is 3. The van der Waals surface area contributed by atoms with Gasteiger partial charge in [-0.05, 0) is 90.7 Å². The second-order valence-corrected chi connectivity index (χ2v) is 12.4. The quantitative estimate of drug-likeness (QED) is 0.125. The number of aliphatic hydroxyl groups is 1. The van der Waals surface area contributed by atoms with Gasteiger partial charge in [0.25, 0.3) is 0 Å².